The third-order valence-electron chi connectivity index (χ3n) is 2.65. The van der Waals surface area contributed by atoms with Crippen molar-refractivity contribution >= 4 is 11.5 Å². The van der Waals surface area contributed by atoms with Gasteiger partial charge in [-0.25, -0.2) is 8.78 Å². The van der Waals surface area contributed by atoms with Crippen LogP contribution in [0.25, 0.3) is 0 Å². The van der Waals surface area contributed by atoms with Crippen LogP contribution in [0, 0.1) is 10.1 Å². The molecule has 0 spiro atoms. The number of pyridine rings is 1. The minimum absolute atomic E-state index is 0.0925. The molecule has 1 aromatic carbocycles. The molecule has 5 nitrogen and oxygen atoms in total. The summed E-state index contributed by atoms with van der Waals surface area (Å²) in [5.41, 5.74) is -1.25. The number of ketones is 1. The lowest BCUT2D eigenvalue weighted by atomic mass is 9.99. The summed E-state index contributed by atoms with van der Waals surface area (Å²) in [5, 5.41) is 10.7. The highest BCUT2D eigenvalue weighted by molar-refractivity contribution is 6.10. The predicted octanol–water partition coefficient (Wildman–Crippen LogP) is 3.16. The van der Waals surface area contributed by atoms with Crippen LogP contribution in [0.15, 0.2) is 42.7 Å². The van der Waals surface area contributed by atoms with Crippen molar-refractivity contribution in [1.82, 2.24) is 4.98 Å². The molecular formula is C13H8F2N2O3. The second kappa shape index (κ2) is 5.52. The normalized spacial score (nSPS) is 10.6. The summed E-state index contributed by atoms with van der Waals surface area (Å²) >= 11 is 0. The molecule has 7 heteroatoms. The second-order valence-electron chi connectivity index (χ2n) is 3.90. The van der Waals surface area contributed by atoms with Gasteiger partial charge in [-0.15, -0.1) is 0 Å². The van der Waals surface area contributed by atoms with Crippen molar-refractivity contribution < 1.29 is 18.5 Å². The number of nitrogens with zero attached hydrogens (tertiary/aromatic N) is 2. The van der Waals surface area contributed by atoms with Gasteiger partial charge in [0.1, 0.15) is 0 Å². The summed E-state index contributed by atoms with van der Waals surface area (Å²) < 4.78 is 25.8. The fourth-order valence-electron chi connectivity index (χ4n) is 1.70. The molecule has 102 valence electrons. The largest absolute Gasteiger partial charge is 0.289 e. The van der Waals surface area contributed by atoms with E-state index >= 15 is 0 Å². The third-order valence-corrected chi connectivity index (χ3v) is 2.65. The number of nitro benzene ring substituents is 1. The molecule has 0 aliphatic heterocycles. The number of halogens is 2. The quantitative estimate of drug-likeness (QED) is 0.489. The Morgan fingerprint density at radius 3 is 2.60 bits per heavy atom. The van der Waals surface area contributed by atoms with E-state index in [2.05, 4.69) is 4.98 Å². The average Bonchev–Trinajstić information content (AvgIpc) is 2.46. The molecule has 2 rings (SSSR count). The molecule has 0 radical (unpaired) electrons. The number of alkyl halides is 2. The van der Waals surface area contributed by atoms with Crippen molar-refractivity contribution in [3.8, 4) is 0 Å². The van der Waals surface area contributed by atoms with E-state index in [0.717, 1.165) is 18.2 Å². The van der Waals surface area contributed by atoms with Crippen LogP contribution in [0.3, 0.4) is 0 Å². The van der Waals surface area contributed by atoms with Crippen molar-refractivity contribution in [3.05, 3.63) is 69.5 Å². The number of carbonyl (C=O) groups excluding carboxylic acids is 1. The molecule has 1 aromatic heterocycles. The van der Waals surface area contributed by atoms with E-state index in [9.17, 15) is 23.7 Å². The lowest BCUT2D eigenvalue weighted by molar-refractivity contribution is -0.384. The molecule has 2 aromatic rings. The number of non-ortho nitro benzene ring substituents is 1. The van der Waals surface area contributed by atoms with E-state index < -0.39 is 28.4 Å². The molecular weight excluding hydrogens is 270 g/mol. The van der Waals surface area contributed by atoms with Crippen LogP contribution >= 0.6 is 0 Å². The lowest BCUT2D eigenvalue weighted by Crippen LogP contribution is -2.07. The fourth-order valence-corrected chi connectivity index (χ4v) is 1.70. The summed E-state index contributed by atoms with van der Waals surface area (Å²) in [6.07, 6.45) is -0.249. The monoisotopic (exact) mass is 278 g/mol. The Morgan fingerprint density at radius 1 is 1.30 bits per heavy atom. The standard InChI is InChI=1S/C13H8F2N2O3/c14-13(15)10-4-3-9(17(19)20)6-11(10)12(18)8-2-1-5-16-7-8/h1-7,13H. The first-order valence-corrected chi connectivity index (χ1v) is 5.52. The first-order valence-electron chi connectivity index (χ1n) is 5.52. The van der Waals surface area contributed by atoms with E-state index in [1.165, 1.54) is 24.5 Å². The molecule has 20 heavy (non-hydrogen) atoms. The smallest absolute Gasteiger partial charge is 0.270 e. The van der Waals surface area contributed by atoms with Gasteiger partial charge < -0.3 is 0 Å². The maximum Gasteiger partial charge on any atom is 0.270 e. The molecule has 0 unspecified atom stereocenters. The maximum absolute atomic E-state index is 12.9. The lowest BCUT2D eigenvalue weighted by Gasteiger charge is -2.07. The van der Waals surface area contributed by atoms with Crippen LogP contribution < -0.4 is 0 Å². The van der Waals surface area contributed by atoms with E-state index in [1.807, 2.05) is 0 Å². The van der Waals surface area contributed by atoms with Crippen LogP contribution in [0.2, 0.25) is 0 Å². The highest BCUT2D eigenvalue weighted by Gasteiger charge is 2.22. The molecule has 0 bridgehead atoms. The molecule has 0 saturated heterocycles. The van der Waals surface area contributed by atoms with Gasteiger partial charge in [0, 0.05) is 41.2 Å². The minimum Gasteiger partial charge on any atom is -0.289 e. The van der Waals surface area contributed by atoms with Crippen molar-refractivity contribution in [2.24, 2.45) is 0 Å². The fraction of sp³-hybridized carbons (Fsp3) is 0.0769. The number of nitro groups is 1. The zero-order valence-electron chi connectivity index (χ0n) is 9.99. The summed E-state index contributed by atoms with van der Waals surface area (Å²) in [6.45, 7) is 0. The highest BCUT2D eigenvalue weighted by atomic mass is 19.3. The maximum atomic E-state index is 12.9. The molecule has 0 N–H and O–H groups in total. The minimum atomic E-state index is -2.90. The Bertz CT molecular complexity index is 660. The molecule has 1 heterocycles. The third kappa shape index (κ3) is 2.66. The number of rotatable bonds is 4. The number of carbonyl (C=O) groups is 1. The molecule has 0 fully saturated rings. The van der Waals surface area contributed by atoms with Crippen molar-refractivity contribution in [2.45, 2.75) is 6.43 Å². The van der Waals surface area contributed by atoms with Gasteiger partial charge in [0.2, 0.25) is 0 Å². The van der Waals surface area contributed by atoms with Gasteiger partial charge >= 0.3 is 0 Å². The van der Waals surface area contributed by atoms with Gasteiger partial charge in [0.05, 0.1) is 4.92 Å². The van der Waals surface area contributed by atoms with Gasteiger partial charge in [0.25, 0.3) is 12.1 Å². The van der Waals surface area contributed by atoms with Crippen LogP contribution in [0.1, 0.15) is 27.9 Å². The highest BCUT2D eigenvalue weighted by Crippen LogP contribution is 2.28. The number of benzene rings is 1. The first-order chi connectivity index (χ1) is 9.50. The van der Waals surface area contributed by atoms with E-state index in [1.54, 1.807) is 0 Å². The Morgan fingerprint density at radius 2 is 2.05 bits per heavy atom. The van der Waals surface area contributed by atoms with Crippen molar-refractivity contribution in [3.63, 3.8) is 0 Å². The van der Waals surface area contributed by atoms with E-state index in [4.69, 9.17) is 0 Å². The van der Waals surface area contributed by atoms with E-state index in [-0.39, 0.29) is 11.1 Å². The number of hydrogen-bond acceptors (Lipinski definition) is 4. The van der Waals surface area contributed by atoms with Crippen LogP contribution in [0.4, 0.5) is 14.5 Å². The van der Waals surface area contributed by atoms with Gasteiger partial charge in [-0.05, 0) is 18.2 Å². The van der Waals surface area contributed by atoms with Gasteiger partial charge in [-0.2, -0.15) is 0 Å². The average molecular weight is 278 g/mol. The zero-order valence-corrected chi connectivity index (χ0v) is 9.99. The van der Waals surface area contributed by atoms with Crippen LogP contribution in [-0.2, 0) is 0 Å². The summed E-state index contributed by atoms with van der Waals surface area (Å²) in [6, 6.07) is 5.58. The summed E-state index contributed by atoms with van der Waals surface area (Å²) in [5.74, 6) is -0.725. The van der Waals surface area contributed by atoms with Crippen LogP contribution in [0.5, 0.6) is 0 Å². The van der Waals surface area contributed by atoms with Gasteiger partial charge in [-0.3, -0.25) is 19.9 Å². The SMILES string of the molecule is O=C(c1cccnc1)c1cc([N+](=O)[O-])ccc1C(F)F. The van der Waals surface area contributed by atoms with Gasteiger partial charge in [-0.1, -0.05) is 0 Å². The number of hydrogen-bond donors (Lipinski definition) is 0. The Kier molecular flexibility index (Phi) is 3.79. The van der Waals surface area contributed by atoms with Crippen molar-refractivity contribution in [1.29, 1.82) is 0 Å². The molecule has 0 saturated carbocycles. The Labute approximate surface area is 112 Å². The number of aromatic nitrogens is 1. The topological polar surface area (TPSA) is 73.1 Å². The molecule has 0 atom stereocenters. The Balaban J connectivity index is 2.55. The van der Waals surface area contributed by atoms with Crippen LogP contribution in [-0.4, -0.2) is 15.7 Å². The van der Waals surface area contributed by atoms with E-state index in [0.29, 0.717) is 0 Å². The zero-order chi connectivity index (χ0) is 14.7. The van der Waals surface area contributed by atoms with Gasteiger partial charge in [0.15, 0.2) is 5.78 Å². The first kappa shape index (κ1) is 13.7. The molecule has 0 aliphatic carbocycles. The van der Waals surface area contributed by atoms with Crippen molar-refractivity contribution in [2.75, 3.05) is 0 Å². The summed E-state index contributed by atoms with van der Waals surface area (Å²) in [4.78, 5) is 25.8. The Hall–Kier alpha value is -2.70. The predicted molar refractivity (Wildman–Crippen MR) is 65.7 cm³/mol. The second-order valence-corrected chi connectivity index (χ2v) is 3.90. The summed E-state index contributed by atoms with van der Waals surface area (Å²) in [7, 11) is 0. The molecule has 0 amide bonds. The molecule has 0 aliphatic rings.